The van der Waals surface area contributed by atoms with E-state index < -0.39 is 0 Å². The molecule has 0 saturated carbocycles. The van der Waals surface area contributed by atoms with Gasteiger partial charge in [-0.3, -0.25) is 0 Å². The molecular formula is C15H25NOS. The van der Waals surface area contributed by atoms with Crippen molar-refractivity contribution in [3.63, 3.8) is 0 Å². The van der Waals surface area contributed by atoms with Gasteiger partial charge in [0.05, 0.1) is 0 Å². The minimum atomic E-state index is 0.645. The van der Waals surface area contributed by atoms with Crippen molar-refractivity contribution < 1.29 is 4.74 Å². The zero-order chi connectivity index (χ0) is 12.6. The summed E-state index contributed by atoms with van der Waals surface area (Å²) in [6.45, 7) is 5.30. The average molecular weight is 267 g/mol. The summed E-state index contributed by atoms with van der Waals surface area (Å²) in [6, 6.07) is 5.06. The van der Waals surface area contributed by atoms with Gasteiger partial charge in [0, 0.05) is 24.1 Å². The number of hydrogen-bond donors (Lipinski definition) is 1. The van der Waals surface area contributed by atoms with Crippen LogP contribution in [-0.2, 0) is 11.2 Å². The molecule has 1 fully saturated rings. The summed E-state index contributed by atoms with van der Waals surface area (Å²) in [4.78, 5) is 1.51. The van der Waals surface area contributed by atoms with E-state index in [1.807, 2.05) is 11.3 Å². The molecule has 1 saturated heterocycles. The molecule has 0 amide bonds. The van der Waals surface area contributed by atoms with Crippen LogP contribution in [0.1, 0.15) is 37.5 Å². The van der Waals surface area contributed by atoms with Crippen molar-refractivity contribution in [2.45, 2.75) is 45.1 Å². The quantitative estimate of drug-likeness (QED) is 0.816. The molecule has 0 radical (unpaired) electrons. The number of thiophene rings is 1. The second-order valence-electron chi connectivity index (χ2n) is 5.23. The van der Waals surface area contributed by atoms with E-state index in [1.54, 1.807) is 0 Å². The summed E-state index contributed by atoms with van der Waals surface area (Å²) in [7, 11) is 0. The highest BCUT2D eigenvalue weighted by molar-refractivity contribution is 7.09. The predicted octanol–water partition coefficient (Wildman–Crippen LogP) is 3.48. The maximum Gasteiger partial charge on any atom is 0.0468 e. The molecule has 0 aliphatic carbocycles. The van der Waals surface area contributed by atoms with E-state index in [0.29, 0.717) is 6.04 Å². The maximum atomic E-state index is 5.45. The fourth-order valence-electron chi connectivity index (χ4n) is 2.64. The largest absolute Gasteiger partial charge is 0.381 e. The van der Waals surface area contributed by atoms with Crippen molar-refractivity contribution >= 4 is 11.3 Å². The molecule has 102 valence electrons. The van der Waals surface area contributed by atoms with Crippen LogP contribution in [0.4, 0.5) is 0 Å². The Bertz CT molecular complexity index is 306. The Morgan fingerprint density at radius 1 is 1.44 bits per heavy atom. The van der Waals surface area contributed by atoms with Gasteiger partial charge in [-0.15, -0.1) is 11.3 Å². The van der Waals surface area contributed by atoms with Crippen molar-refractivity contribution in [3.05, 3.63) is 22.4 Å². The van der Waals surface area contributed by atoms with Crippen molar-refractivity contribution in [3.8, 4) is 0 Å². The Kier molecular flexibility index (Phi) is 6.18. The number of hydrogen-bond acceptors (Lipinski definition) is 3. The Balaban J connectivity index is 1.83. The van der Waals surface area contributed by atoms with Gasteiger partial charge in [0.15, 0.2) is 0 Å². The van der Waals surface area contributed by atoms with E-state index in [1.165, 1.54) is 37.0 Å². The minimum Gasteiger partial charge on any atom is -0.381 e. The van der Waals surface area contributed by atoms with E-state index in [2.05, 4.69) is 29.8 Å². The van der Waals surface area contributed by atoms with Crippen molar-refractivity contribution in [1.29, 1.82) is 0 Å². The van der Waals surface area contributed by atoms with Crippen LogP contribution in [0.15, 0.2) is 17.5 Å². The van der Waals surface area contributed by atoms with Gasteiger partial charge >= 0.3 is 0 Å². The van der Waals surface area contributed by atoms with E-state index in [4.69, 9.17) is 4.74 Å². The van der Waals surface area contributed by atoms with Gasteiger partial charge in [-0.25, -0.2) is 0 Å². The molecule has 2 heterocycles. The lowest BCUT2D eigenvalue weighted by atomic mass is 9.91. The van der Waals surface area contributed by atoms with Crippen LogP contribution in [-0.4, -0.2) is 25.8 Å². The topological polar surface area (TPSA) is 21.3 Å². The molecule has 1 aliphatic rings. The maximum absolute atomic E-state index is 5.45. The van der Waals surface area contributed by atoms with Gasteiger partial charge in [0.1, 0.15) is 0 Å². The van der Waals surface area contributed by atoms with Crippen LogP contribution >= 0.6 is 11.3 Å². The minimum absolute atomic E-state index is 0.645. The molecule has 1 atom stereocenters. The fraction of sp³-hybridized carbons (Fsp3) is 0.733. The standard InChI is InChI=1S/C15H25NOS/c1-2-7-16-14(12-15-4-3-10-18-15)11-13-5-8-17-9-6-13/h3-4,10,13-14,16H,2,5-9,11-12H2,1H3. The van der Waals surface area contributed by atoms with Gasteiger partial charge in [-0.1, -0.05) is 13.0 Å². The first-order chi connectivity index (χ1) is 8.88. The SMILES string of the molecule is CCCNC(Cc1cccs1)CC1CCOCC1. The molecule has 2 nitrogen and oxygen atoms in total. The van der Waals surface area contributed by atoms with Gasteiger partial charge in [-0.2, -0.15) is 0 Å². The van der Waals surface area contributed by atoms with Gasteiger partial charge in [0.25, 0.3) is 0 Å². The van der Waals surface area contributed by atoms with Crippen LogP contribution in [0.5, 0.6) is 0 Å². The summed E-state index contributed by atoms with van der Waals surface area (Å²) in [5, 5.41) is 5.90. The fourth-order valence-corrected chi connectivity index (χ4v) is 3.43. The third-order valence-electron chi connectivity index (χ3n) is 3.67. The third-order valence-corrected chi connectivity index (χ3v) is 4.57. The number of ether oxygens (including phenoxy) is 1. The molecular weight excluding hydrogens is 242 g/mol. The van der Waals surface area contributed by atoms with E-state index in [-0.39, 0.29) is 0 Å². The first kappa shape index (κ1) is 14.0. The van der Waals surface area contributed by atoms with Gasteiger partial charge in [0.2, 0.25) is 0 Å². The first-order valence-electron chi connectivity index (χ1n) is 7.22. The van der Waals surface area contributed by atoms with Crippen LogP contribution in [0, 0.1) is 5.92 Å². The van der Waals surface area contributed by atoms with Crippen molar-refractivity contribution in [1.82, 2.24) is 5.32 Å². The summed E-state index contributed by atoms with van der Waals surface area (Å²) in [5.74, 6) is 0.855. The second-order valence-corrected chi connectivity index (χ2v) is 6.26. The van der Waals surface area contributed by atoms with Crippen molar-refractivity contribution in [2.24, 2.45) is 5.92 Å². The van der Waals surface area contributed by atoms with Crippen molar-refractivity contribution in [2.75, 3.05) is 19.8 Å². The highest BCUT2D eigenvalue weighted by Crippen LogP contribution is 2.22. The smallest absolute Gasteiger partial charge is 0.0468 e. The molecule has 1 aliphatic heterocycles. The molecule has 1 aromatic heterocycles. The Labute approximate surface area is 115 Å². The lowest BCUT2D eigenvalue weighted by Gasteiger charge is -2.27. The molecule has 18 heavy (non-hydrogen) atoms. The molecule has 2 rings (SSSR count). The molecule has 0 bridgehead atoms. The van der Waals surface area contributed by atoms with E-state index in [0.717, 1.165) is 25.7 Å². The zero-order valence-corrected chi connectivity index (χ0v) is 12.2. The molecule has 3 heteroatoms. The summed E-state index contributed by atoms with van der Waals surface area (Å²) < 4.78 is 5.45. The highest BCUT2D eigenvalue weighted by Gasteiger charge is 2.19. The lowest BCUT2D eigenvalue weighted by Crippen LogP contribution is -2.34. The summed E-state index contributed by atoms with van der Waals surface area (Å²) >= 11 is 1.88. The van der Waals surface area contributed by atoms with Crippen LogP contribution in [0.2, 0.25) is 0 Å². The van der Waals surface area contributed by atoms with Gasteiger partial charge in [-0.05, 0) is 56.0 Å². The normalized spacial score (nSPS) is 18.9. The van der Waals surface area contributed by atoms with Gasteiger partial charge < -0.3 is 10.1 Å². The lowest BCUT2D eigenvalue weighted by molar-refractivity contribution is 0.0606. The first-order valence-corrected chi connectivity index (χ1v) is 8.10. The highest BCUT2D eigenvalue weighted by atomic mass is 32.1. The van der Waals surface area contributed by atoms with E-state index >= 15 is 0 Å². The monoisotopic (exact) mass is 267 g/mol. The summed E-state index contributed by atoms with van der Waals surface area (Å²) in [5.41, 5.74) is 0. The Morgan fingerprint density at radius 2 is 2.28 bits per heavy atom. The predicted molar refractivity (Wildman–Crippen MR) is 78.3 cm³/mol. The molecule has 0 spiro atoms. The number of nitrogens with one attached hydrogen (secondary N) is 1. The second kappa shape index (κ2) is 7.93. The molecule has 1 N–H and O–H groups in total. The zero-order valence-electron chi connectivity index (χ0n) is 11.4. The third kappa shape index (κ3) is 4.71. The van der Waals surface area contributed by atoms with Crippen LogP contribution in [0.3, 0.4) is 0 Å². The number of rotatable bonds is 7. The van der Waals surface area contributed by atoms with Crippen LogP contribution < -0.4 is 5.32 Å². The Morgan fingerprint density at radius 3 is 2.94 bits per heavy atom. The molecule has 1 unspecified atom stereocenters. The average Bonchev–Trinajstić information content (AvgIpc) is 2.90. The Hall–Kier alpha value is -0.380. The molecule has 1 aromatic rings. The van der Waals surface area contributed by atoms with E-state index in [9.17, 15) is 0 Å². The summed E-state index contributed by atoms with van der Waals surface area (Å²) in [6.07, 6.45) is 6.20. The van der Waals surface area contributed by atoms with Crippen LogP contribution in [0.25, 0.3) is 0 Å². The molecule has 0 aromatic carbocycles.